The summed E-state index contributed by atoms with van der Waals surface area (Å²) in [5, 5.41) is 6.36. The molecule has 118 valence electrons. The highest BCUT2D eigenvalue weighted by molar-refractivity contribution is 7.88. The fraction of sp³-hybridized carbons (Fsp3) is 0.615. The minimum atomic E-state index is -3.29. The van der Waals surface area contributed by atoms with E-state index < -0.39 is 10.0 Å². The number of thiophene rings is 1. The first kappa shape index (κ1) is 16.4. The van der Waals surface area contributed by atoms with Crippen LogP contribution in [0.25, 0.3) is 0 Å². The summed E-state index contributed by atoms with van der Waals surface area (Å²) >= 11 is 1.45. The van der Waals surface area contributed by atoms with E-state index in [4.69, 9.17) is 4.74 Å². The van der Waals surface area contributed by atoms with Gasteiger partial charge in [-0.1, -0.05) is 0 Å². The molecular formula is C13H20N2O4S2. The van der Waals surface area contributed by atoms with Gasteiger partial charge in [-0.15, -0.1) is 0 Å². The SMILES string of the molecule is CS(=O)(=O)N(CCNC(=O)c1ccsc1)C1CCOCC1. The summed E-state index contributed by atoms with van der Waals surface area (Å²) in [6, 6.07) is 1.71. The summed E-state index contributed by atoms with van der Waals surface area (Å²) in [5.74, 6) is -0.170. The van der Waals surface area contributed by atoms with Crippen molar-refractivity contribution in [3.63, 3.8) is 0 Å². The average molecular weight is 332 g/mol. The van der Waals surface area contributed by atoms with E-state index in [-0.39, 0.29) is 11.9 Å². The van der Waals surface area contributed by atoms with Crippen molar-refractivity contribution in [1.29, 1.82) is 0 Å². The Bertz CT molecular complexity index is 551. The second kappa shape index (κ2) is 7.35. The minimum absolute atomic E-state index is 0.0354. The molecule has 1 N–H and O–H groups in total. The van der Waals surface area contributed by atoms with Crippen LogP contribution >= 0.6 is 11.3 Å². The van der Waals surface area contributed by atoms with Crippen molar-refractivity contribution < 1.29 is 17.9 Å². The van der Waals surface area contributed by atoms with E-state index in [1.807, 2.05) is 5.38 Å². The van der Waals surface area contributed by atoms with Crippen LogP contribution in [0.5, 0.6) is 0 Å². The number of rotatable bonds is 6. The highest BCUT2D eigenvalue weighted by atomic mass is 32.2. The van der Waals surface area contributed by atoms with Crippen LogP contribution in [-0.2, 0) is 14.8 Å². The molecule has 0 atom stereocenters. The zero-order valence-electron chi connectivity index (χ0n) is 11.9. The smallest absolute Gasteiger partial charge is 0.252 e. The molecule has 6 nitrogen and oxygen atoms in total. The van der Waals surface area contributed by atoms with Gasteiger partial charge in [-0.2, -0.15) is 15.6 Å². The first-order valence-corrected chi connectivity index (χ1v) is 9.62. The van der Waals surface area contributed by atoms with Gasteiger partial charge in [-0.05, 0) is 24.3 Å². The van der Waals surface area contributed by atoms with E-state index in [0.717, 1.165) is 0 Å². The van der Waals surface area contributed by atoms with Gasteiger partial charge in [0.1, 0.15) is 0 Å². The van der Waals surface area contributed by atoms with Gasteiger partial charge in [-0.3, -0.25) is 4.79 Å². The minimum Gasteiger partial charge on any atom is -0.381 e. The van der Waals surface area contributed by atoms with Crippen molar-refractivity contribution in [3.8, 4) is 0 Å². The van der Waals surface area contributed by atoms with Crippen LogP contribution in [0.4, 0.5) is 0 Å². The van der Waals surface area contributed by atoms with Gasteiger partial charge in [-0.25, -0.2) is 8.42 Å². The van der Waals surface area contributed by atoms with Crippen LogP contribution in [0.15, 0.2) is 16.8 Å². The van der Waals surface area contributed by atoms with Crippen molar-refractivity contribution in [2.45, 2.75) is 18.9 Å². The summed E-state index contributed by atoms with van der Waals surface area (Å²) in [4.78, 5) is 11.8. The van der Waals surface area contributed by atoms with E-state index in [0.29, 0.717) is 44.7 Å². The number of amides is 1. The quantitative estimate of drug-likeness (QED) is 0.840. The number of carbonyl (C=O) groups excluding carboxylic acids is 1. The Balaban J connectivity index is 1.89. The van der Waals surface area contributed by atoms with Gasteiger partial charge in [0.25, 0.3) is 5.91 Å². The van der Waals surface area contributed by atoms with Gasteiger partial charge in [0.2, 0.25) is 10.0 Å². The molecule has 1 fully saturated rings. The summed E-state index contributed by atoms with van der Waals surface area (Å²) < 4.78 is 30.6. The maximum atomic E-state index is 11.9. The number of sulfonamides is 1. The monoisotopic (exact) mass is 332 g/mol. The molecule has 2 rings (SSSR count). The summed E-state index contributed by atoms with van der Waals surface area (Å²) in [5.41, 5.74) is 0.608. The van der Waals surface area contributed by atoms with Crippen LogP contribution in [-0.4, -0.2) is 57.2 Å². The maximum Gasteiger partial charge on any atom is 0.252 e. The zero-order chi connectivity index (χ0) is 15.3. The number of nitrogens with one attached hydrogen (secondary N) is 1. The van der Waals surface area contributed by atoms with Gasteiger partial charge >= 0.3 is 0 Å². The fourth-order valence-corrected chi connectivity index (χ4v) is 4.18. The molecule has 0 aliphatic carbocycles. The Kier molecular flexibility index (Phi) is 5.74. The normalized spacial score (nSPS) is 17.0. The predicted octanol–water partition coefficient (Wildman–Crippen LogP) is 0.918. The van der Waals surface area contributed by atoms with E-state index in [9.17, 15) is 13.2 Å². The lowest BCUT2D eigenvalue weighted by Crippen LogP contribution is -2.46. The lowest BCUT2D eigenvalue weighted by Gasteiger charge is -2.32. The van der Waals surface area contributed by atoms with Crippen molar-refractivity contribution in [2.75, 3.05) is 32.6 Å². The van der Waals surface area contributed by atoms with Crippen molar-refractivity contribution >= 4 is 27.3 Å². The Morgan fingerprint density at radius 2 is 2.19 bits per heavy atom. The molecule has 0 unspecified atom stereocenters. The van der Waals surface area contributed by atoms with Crippen molar-refractivity contribution in [1.82, 2.24) is 9.62 Å². The highest BCUT2D eigenvalue weighted by Crippen LogP contribution is 2.16. The van der Waals surface area contributed by atoms with Crippen molar-refractivity contribution in [2.24, 2.45) is 0 Å². The number of hydrogen-bond donors (Lipinski definition) is 1. The molecule has 0 saturated carbocycles. The third kappa shape index (κ3) is 4.77. The van der Waals surface area contributed by atoms with Crippen LogP contribution in [0.1, 0.15) is 23.2 Å². The topological polar surface area (TPSA) is 75.7 Å². The summed E-state index contributed by atoms with van der Waals surface area (Å²) in [6.07, 6.45) is 2.61. The lowest BCUT2D eigenvalue weighted by molar-refractivity contribution is 0.0585. The first-order valence-electron chi connectivity index (χ1n) is 6.83. The number of nitrogens with zero attached hydrogens (tertiary/aromatic N) is 1. The molecule has 2 heterocycles. The second-order valence-corrected chi connectivity index (χ2v) is 7.70. The lowest BCUT2D eigenvalue weighted by atomic mass is 10.1. The second-order valence-electron chi connectivity index (χ2n) is 4.99. The molecule has 1 amide bonds. The van der Waals surface area contributed by atoms with E-state index in [1.165, 1.54) is 21.9 Å². The van der Waals surface area contributed by atoms with Crippen LogP contribution in [0, 0.1) is 0 Å². The molecule has 8 heteroatoms. The fourth-order valence-electron chi connectivity index (χ4n) is 2.37. The highest BCUT2D eigenvalue weighted by Gasteiger charge is 2.28. The Morgan fingerprint density at radius 1 is 1.48 bits per heavy atom. The van der Waals surface area contributed by atoms with Gasteiger partial charge in [0.15, 0.2) is 0 Å². The Morgan fingerprint density at radius 3 is 2.76 bits per heavy atom. The average Bonchev–Trinajstić information content (AvgIpc) is 2.97. The van der Waals surface area contributed by atoms with E-state index in [1.54, 1.807) is 11.4 Å². The van der Waals surface area contributed by atoms with Crippen LogP contribution in [0.2, 0.25) is 0 Å². The van der Waals surface area contributed by atoms with Gasteiger partial charge in [0.05, 0.1) is 6.26 Å². The molecule has 0 aromatic carbocycles. The number of carbonyl (C=O) groups is 1. The summed E-state index contributed by atoms with van der Waals surface area (Å²) in [7, 11) is -3.29. The van der Waals surface area contributed by atoms with Gasteiger partial charge < -0.3 is 10.1 Å². The standard InChI is InChI=1S/C13H20N2O4S2/c1-21(17,18)15(12-2-7-19-8-3-12)6-5-14-13(16)11-4-9-20-10-11/h4,9-10,12H,2-3,5-8H2,1H3,(H,14,16). The van der Waals surface area contributed by atoms with Crippen LogP contribution in [0.3, 0.4) is 0 Å². The maximum absolute atomic E-state index is 11.9. The largest absolute Gasteiger partial charge is 0.381 e. The van der Waals surface area contributed by atoms with Crippen LogP contribution < -0.4 is 5.32 Å². The third-order valence-electron chi connectivity index (χ3n) is 3.43. The molecule has 1 aliphatic rings. The predicted molar refractivity (Wildman–Crippen MR) is 82.0 cm³/mol. The summed E-state index contributed by atoms with van der Waals surface area (Å²) in [6.45, 7) is 1.76. The molecule has 0 spiro atoms. The zero-order valence-corrected chi connectivity index (χ0v) is 13.6. The molecular weight excluding hydrogens is 312 g/mol. The van der Waals surface area contributed by atoms with Crippen molar-refractivity contribution in [3.05, 3.63) is 22.4 Å². The molecule has 1 aromatic heterocycles. The first-order chi connectivity index (χ1) is 9.98. The molecule has 21 heavy (non-hydrogen) atoms. The molecule has 0 radical (unpaired) electrons. The van der Waals surface area contributed by atoms with Gasteiger partial charge in [0, 0.05) is 43.3 Å². The molecule has 1 aromatic rings. The van der Waals surface area contributed by atoms with E-state index >= 15 is 0 Å². The number of hydrogen-bond acceptors (Lipinski definition) is 5. The Labute approximate surface area is 129 Å². The number of ether oxygens (including phenoxy) is 1. The molecule has 1 saturated heterocycles. The Hall–Kier alpha value is -0.960. The molecule has 1 aliphatic heterocycles. The van der Waals surface area contributed by atoms with E-state index in [2.05, 4.69) is 5.32 Å². The third-order valence-corrected chi connectivity index (χ3v) is 5.44. The molecule has 0 bridgehead atoms.